The van der Waals surface area contributed by atoms with Crippen molar-refractivity contribution in [3.05, 3.63) is 34.6 Å². The fourth-order valence-corrected chi connectivity index (χ4v) is 1.43. The molecule has 0 radical (unpaired) electrons. The van der Waals surface area contributed by atoms with Crippen LogP contribution in [0.3, 0.4) is 0 Å². The second kappa shape index (κ2) is 4.22. The van der Waals surface area contributed by atoms with Crippen LogP contribution in [-0.2, 0) is 11.3 Å². The normalized spacial score (nSPS) is 10.6. The van der Waals surface area contributed by atoms with Gasteiger partial charge in [0.25, 0.3) is 5.56 Å². The Balaban J connectivity index is 2.45. The summed E-state index contributed by atoms with van der Waals surface area (Å²) in [5.74, 6) is 0.0295. The van der Waals surface area contributed by atoms with Gasteiger partial charge in [-0.05, 0) is 19.1 Å². The summed E-state index contributed by atoms with van der Waals surface area (Å²) in [5, 5.41) is 8.23. The predicted molar refractivity (Wildman–Crippen MR) is 59.1 cm³/mol. The van der Waals surface area contributed by atoms with E-state index in [0.29, 0.717) is 17.3 Å². The molecule has 0 aliphatic rings. The molecule has 0 bridgehead atoms. The third-order valence-corrected chi connectivity index (χ3v) is 2.30. The lowest BCUT2D eigenvalue weighted by Crippen LogP contribution is -2.25. The molecule has 0 aliphatic heterocycles. The minimum absolute atomic E-state index is 0.0295. The summed E-state index contributed by atoms with van der Waals surface area (Å²) in [6, 6.07) is 7.02. The molecule has 1 aromatic heterocycles. The monoisotopic (exact) mass is 217 g/mol. The van der Waals surface area contributed by atoms with Crippen molar-refractivity contribution in [2.75, 3.05) is 0 Å². The van der Waals surface area contributed by atoms with E-state index in [1.807, 2.05) is 0 Å². The van der Waals surface area contributed by atoms with E-state index < -0.39 is 0 Å². The number of rotatable bonds is 3. The summed E-state index contributed by atoms with van der Waals surface area (Å²) in [7, 11) is 0. The van der Waals surface area contributed by atoms with E-state index in [4.69, 9.17) is 0 Å². The molecule has 0 saturated carbocycles. The average molecular weight is 217 g/mol. The number of hydrogen-bond donors (Lipinski definition) is 0. The Labute approximate surface area is 91.7 Å². The highest BCUT2D eigenvalue weighted by atomic mass is 16.1. The van der Waals surface area contributed by atoms with Gasteiger partial charge in [-0.15, -0.1) is 5.10 Å². The van der Waals surface area contributed by atoms with E-state index in [9.17, 15) is 9.59 Å². The highest BCUT2D eigenvalue weighted by molar-refractivity contribution is 5.77. The lowest BCUT2D eigenvalue weighted by molar-refractivity contribution is -0.117. The van der Waals surface area contributed by atoms with Crippen molar-refractivity contribution >= 4 is 16.7 Å². The van der Waals surface area contributed by atoms with Crippen LogP contribution in [0.4, 0.5) is 0 Å². The summed E-state index contributed by atoms with van der Waals surface area (Å²) in [5.41, 5.74) is 0.374. The first-order valence-electron chi connectivity index (χ1n) is 5.00. The zero-order valence-corrected chi connectivity index (χ0v) is 8.88. The Morgan fingerprint density at radius 1 is 1.38 bits per heavy atom. The molecule has 2 aromatic rings. The molecule has 5 heteroatoms. The van der Waals surface area contributed by atoms with Crippen LogP contribution in [0.15, 0.2) is 29.1 Å². The van der Waals surface area contributed by atoms with E-state index in [0.717, 1.165) is 0 Å². The van der Waals surface area contributed by atoms with Gasteiger partial charge in [0.15, 0.2) is 0 Å². The molecular formula is C11H11N3O2. The summed E-state index contributed by atoms with van der Waals surface area (Å²) >= 11 is 0. The smallest absolute Gasteiger partial charge is 0.277 e. The summed E-state index contributed by atoms with van der Waals surface area (Å²) in [6.45, 7) is 1.77. The van der Waals surface area contributed by atoms with E-state index >= 15 is 0 Å². The van der Waals surface area contributed by atoms with Crippen LogP contribution in [0, 0.1) is 0 Å². The molecule has 5 nitrogen and oxygen atoms in total. The van der Waals surface area contributed by atoms with Gasteiger partial charge in [-0.2, -0.15) is 0 Å². The molecule has 0 N–H and O–H groups in total. The minimum Gasteiger partial charge on any atom is -0.300 e. The molecule has 1 aromatic carbocycles. The number of Topliss-reactive ketones (excluding diaryl/α,β-unsaturated/α-hetero) is 1. The maximum absolute atomic E-state index is 11.9. The summed E-state index contributed by atoms with van der Waals surface area (Å²) in [4.78, 5) is 22.7. The van der Waals surface area contributed by atoms with Crippen molar-refractivity contribution < 1.29 is 4.79 Å². The number of aryl methyl sites for hydroxylation is 1. The molecule has 0 fully saturated rings. The molecule has 2 rings (SSSR count). The SMILES string of the molecule is CC(=O)CCn1nnc2ccccc2c1=O. The number of ketones is 1. The number of aromatic nitrogens is 3. The number of fused-ring (bicyclic) bond motifs is 1. The first kappa shape index (κ1) is 10.5. The van der Waals surface area contributed by atoms with E-state index in [-0.39, 0.29) is 17.9 Å². The maximum Gasteiger partial charge on any atom is 0.277 e. The molecule has 0 amide bonds. The number of nitrogens with zero attached hydrogens (tertiary/aromatic N) is 3. The molecular weight excluding hydrogens is 206 g/mol. The van der Waals surface area contributed by atoms with E-state index in [1.165, 1.54) is 11.6 Å². The Bertz CT molecular complexity index is 589. The Morgan fingerprint density at radius 3 is 2.88 bits per heavy atom. The second-order valence-corrected chi connectivity index (χ2v) is 3.59. The van der Waals surface area contributed by atoms with Gasteiger partial charge < -0.3 is 0 Å². The van der Waals surface area contributed by atoms with Crippen molar-refractivity contribution in [1.82, 2.24) is 15.0 Å². The summed E-state index contributed by atoms with van der Waals surface area (Å²) < 4.78 is 1.23. The van der Waals surface area contributed by atoms with Gasteiger partial charge in [-0.3, -0.25) is 9.59 Å². The average Bonchev–Trinajstić information content (AvgIpc) is 2.28. The molecule has 0 atom stereocenters. The van der Waals surface area contributed by atoms with Crippen molar-refractivity contribution in [2.45, 2.75) is 19.9 Å². The highest BCUT2D eigenvalue weighted by Gasteiger charge is 2.05. The third kappa shape index (κ3) is 1.98. The Morgan fingerprint density at radius 2 is 2.12 bits per heavy atom. The maximum atomic E-state index is 11.9. The van der Waals surface area contributed by atoms with Gasteiger partial charge >= 0.3 is 0 Å². The molecule has 16 heavy (non-hydrogen) atoms. The van der Waals surface area contributed by atoms with Gasteiger partial charge in [-0.1, -0.05) is 17.3 Å². The van der Waals surface area contributed by atoms with Crippen LogP contribution in [0.25, 0.3) is 10.9 Å². The zero-order chi connectivity index (χ0) is 11.5. The van der Waals surface area contributed by atoms with Crippen molar-refractivity contribution in [2.24, 2.45) is 0 Å². The van der Waals surface area contributed by atoms with Crippen LogP contribution < -0.4 is 5.56 Å². The Hall–Kier alpha value is -2.04. The zero-order valence-electron chi connectivity index (χ0n) is 8.88. The number of carbonyl (C=O) groups is 1. The minimum atomic E-state index is -0.202. The molecule has 0 aliphatic carbocycles. The van der Waals surface area contributed by atoms with Gasteiger partial charge in [0.2, 0.25) is 0 Å². The number of benzene rings is 1. The van der Waals surface area contributed by atoms with Crippen molar-refractivity contribution in [3.8, 4) is 0 Å². The Kier molecular flexibility index (Phi) is 2.76. The lowest BCUT2D eigenvalue weighted by Gasteiger charge is -2.02. The van der Waals surface area contributed by atoms with E-state index in [1.54, 1.807) is 24.3 Å². The third-order valence-electron chi connectivity index (χ3n) is 2.30. The standard InChI is InChI=1S/C11H11N3O2/c1-8(15)6-7-14-11(16)9-4-2-3-5-10(9)12-13-14/h2-5H,6-7H2,1H3. The van der Waals surface area contributed by atoms with Crippen LogP contribution in [0.1, 0.15) is 13.3 Å². The topological polar surface area (TPSA) is 64.8 Å². The van der Waals surface area contributed by atoms with Crippen LogP contribution in [-0.4, -0.2) is 20.8 Å². The first-order chi connectivity index (χ1) is 7.68. The lowest BCUT2D eigenvalue weighted by atomic mass is 10.2. The molecule has 82 valence electrons. The fourth-order valence-electron chi connectivity index (χ4n) is 1.43. The van der Waals surface area contributed by atoms with Gasteiger partial charge in [0.1, 0.15) is 11.3 Å². The van der Waals surface area contributed by atoms with Crippen LogP contribution in [0.5, 0.6) is 0 Å². The largest absolute Gasteiger partial charge is 0.300 e. The second-order valence-electron chi connectivity index (χ2n) is 3.59. The van der Waals surface area contributed by atoms with Gasteiger partial charge in [0, 0.05) is 6.42 Å². The molecule has 0 unspecified atom stereocenters. The van der Waals surface area contributed by atoms with Crippen molar-refractivity contribution in [3.63, 3.8) is 0 Å². The number of hydrogen-bond acceptors (Lipinski definition) is 4. The van der Waals surface area contributed by atoms with Crippen LogP contribution in [0.2, 0.25) is 0 Å². The first-order valence-corrected chi connectivity index (χ1v) is 5.00. The molecule has 1 heterocycles. The van der Waals surface area contributed by atoms with Crippen LogP contribution >= 0.6 is 0 Å². The summed E-state index contributed by atoms with van der Waals surface area (Å²) in [6.07, 6.45) is 0.299. The predicted octanol–water partition coefficient (Wildman–Crippen LogP) is 0.771. The van der Waals surface area contributed by atoms with E-state index in [2.05, 4.69) is 10.3 Å². The fraction of sp³-hybridized carbons (Fsp3) is 0.273. The molecule has 0 saturated heterocycles. The number of carbonyl (C=O) groups excluding carboxylic acids is 1. The van der Waals surface area contributed by atoms with Gasteiger partial charge in [-0.25, -0.2) is 4.68 Å². The molecule has 0 spiro atoms. The highest BCUT2D eigenvalue weighted by Crippen LogP contribution is 2.03. The quantitative estimate of drug-likeness (QED) is 0.761. The van der Waals surface area contributed by atoms with Gasteiger partial charge in [0.05, 0.1) is 11.9 Å². The van der Waals surface area contributed by atoms with Crippen molar-refractivity contribution in [1.29, 1.82) is 0 Å².